The first kappa shape index (κ1) is 37.8. The number of hydrogen-bond acceptors (Lipinski definition) is 8. The van der Waals surface area contributed by atoms with Gasteiger partial charge in [-0.15, -0.1) is 0 Å². The van der Waals surface area contributed by atoms with Crippen molar-refractivity contribution in [3.8, 4) is 0 Å². The van der Waals surface area contributed by atoms with Crippen molar-refractivity contribution in [1.82, 2.24) is 31.0 Å². The van der Waals surface area contributed by atoms with Crippen molar-refractivity contribution in [3.63, 3.8) is 0 Å². The smallest absolute Gasteiger partial charge is 0.256 e. The zero-order chi connectivity index (χ0) is 34.7. The SMILES string of the molecule is CCCc1cc(C)ccc1Sc1ccccc1C.C[C@@H](NN(CC(CCC=O)CN/C=C\N)C(=O)CNC=O)c1cc2cnccc2[nH]1. The zero-order valence-corrected chi connectivity index (χ0v) is 29.2. The number of H-pyrrole nitrogens is 1. The summed E-state index contributed by atoms with van der Waals surface area (Å²) in [5.41, 5.74) is 14.6. The van der Waals surface area contributed by atoms with Gasteiger partial charge in [0.25, 0.3) is 5.91 Å². The molecule has 256 valence electrons. The lowest BCUT2D eigenvalue weighted by atomic mass is 10.0. The predicted molar refractivity (Wildman–Crippen MR) is 194 cm³/mol. The molecule has 4 rings (SSSR count). The molecule has 0 aliphatic rings. The summed E-state index contributed by atoms with van der Waals surface area (Å²) in [6.07, 6.45) is 11.2. The van der Waals surface area contributed by atoms with Crippen LogP contribution in [0.25, 0.3) is 10.9 Å². The van der Waals surface area contributed by atoms with Gasteiger partial charge in [0.05, 0.1) is 12.6 Å². The molecule has 11 heteroatoms. The molecule has 2 heterocycles. The molecule has 48 heavy (non-hydrogen) atoms. The van der Waals surface area contributed by atoms with Crippen LogP contribution in [-0.4, -0.2) is 53.2 Å². The molecule has 4 aromatic rings. The Bertz CT molecular complexity index is 1590. The van der Waals surface area contributed by atoms with E-state index in [4.69, 9.17) is 5.73 Å². The summed E-state index contributed by atoms with van der Waals surface area (Å²) >= 11 is 1.89. The Hall–Kier alpha value is -4.61. The summed E-state index contributed by atoms with van der Waals surface area (Å²) in [6.45, 7) is 9.28. The van der Waals surface area contributed by atoms with Crippen LogP contribution in [0.2, 0.25) is 0 Å². The maximum atomic E-state index is 12.7. The fourth-order valence-corrected chi connectivity index (χ4v) is 6.21. The number of pyridine rings is 1. The highest BCUT2D eigenvalue weighted by molar-refractivity contribution is 7.99. The third kappa shape index (κ3) is 12.2. The van der Waals surface area contributed by atoms with Crippen LogP contribution in [0.15, 0.2) is 89.2 Å². The van der Waals surface area contributed by atoms with E-state index < -0.39 is 0 Å². The van der Waals surface area contributed by atoms with Crippen LogP contribution in [0.5, 0.6) is 0 Å². The normalized spacial score (nSPS) is 12.2. The van der Waals surface area contributed by atoms with Crippen LogP contribution in [0.1, 0.15) is 61.5 Å². The highest BCUT2D eigenvalue weighted by atomic mass is 32.2. The highest BCUT2D eigenvalue weighted by Crippen LogP contribution is 2.33. The zero-order valence-electron chi connectivity index (χ0n) is 28.4. The maximum Gasteiger partial charge on any atom is 0.256 e. The largest absolute Gasteiger partial charge is 0.403 e. The second-order valence-electron chi connectivity index (χ2n) is 11.6. The standard InChI is InChI=1S/C20H29N7O3.C17H20S/c1-15(19-9-17-11-22-6-4-18(17)25-19)26-27(20(30)12-24-14-29)13-16(3-2-8-28)10-23-7-5-21;1-4-7-15-12-13(2)10-11-17(15)18-16-9-6-5-8-14(16)3/h4-9,11,14-16,23,25-26H,2-3,10,12-13,21H2,1H3,(H,24,29);5-6,8-12H,4,7H2,1-3H3/b7-5-;/t15-,16?;/m1./s1. The molecule has 6 N–H and O–H groups in total. The van der Waals surface area contributed by atoms with Gasteiger partial charge in [-0.1, -0.05) is 61.0 Å². The van der Waals surface area contributed by atoms with Crippen LogP contribution in [-0.2, 0) is 20.8 Å². The average Bonchev–Trinajstić information content (AvgIpc) is 3.53. The number of carbonyl (C=O) groups is 3. The van der Waals surface area contributed by atoms with Gasteiger partial charge in [-0.2, -0.15) is 0 Å². The van der Waals surface area contributed by atoms with Crippen molar-refractivity contribution in [2.24, 2.45) is 11.7 Å². The lowest BCUT2D eigenvalue weighted by Gasteiger charge is -2.30. The average molecular weight is 672 g/mol. The Morgan fingerprint density at radius 2 is 1.90 bits per heavy atom. The number of nitrogens with zero attached hydrogens (tertiary/aromatic N) is 2. The van der Waals surface area contributed by atoms with Crippen molar-refractivity contribution in [1.29, 1.82) is 0 Å². The van der Waals surface area contributed by atoms with E-state index >= 15 is 0 Å². The van der Waals surface area contributed by atoms with Crippen molar-refractivity contribution >= 4 is 41.3 Å². The first-order chi connectivity index (χ1) is 23.3. The number of aryl methyl sites for hydroxylation is 3. The molecule has 0 saturated carbocycles. The molecule has 0 aliphatic heterocycles. The van der Waals surface area contributed by atoms with Gasteiger partial charge in [-0.05, 0) is 74.9 Å². The molecular weight excluding hydrogens is 623 g/mol. The molecule has 2 amide bonds. The van der Waals surface area contributed by atoms with E-state index in [0.29, 0.717) is 32.3 Å². The number of amides is 2. The van der Waals surface area contributed by atoms with Gasteiger partial charge in [-0.3, -0.25) is 19.6 Å². The Labute approximate surface area is 288 Å². The second kappa shape index (κ2) is 20.6. The number of hydrazine groups is 1. The van der Waals surface area contributed by atoms with Gasteiger partial charge in [0.2, 0.25) is 6.41 Å². The van der Waals surface area contributed by atoms with E-state index in [1.807, 2.05) is 30.8 Å². The summed E-state index contributed by atoms with van der Waals surface area (Å²) in [6, 6.07) is 19.0. The predicted octanol–water partition coefficient (Wildman–Crippen LogP) is 5.73. The van der Waals surface area contributed by atoms with E-state index in [1.165, 1.54) is 44.1 Å². The third-order valence-electron chi connectivity index (χ3n) is 7.70. The van der Waals surface area contributed by atoms with Gasteiger partial charge in [0.15, 0.2) is 0 Å². The van der Waals surface area contributed by atoms with Crippen molar-refractivity contribution in [2.45, 2.75) is 69.2 Å². The van der Waals surface area contributed by atoms with Gasteiger partial charge in [-0.25, -0.2) is 5.43 Å². The molecular formula is C37H49N7O3S. The van der Waals surface area contributed by atoms with E-state index in [0.717, 1.165) is 29.3 Å². The Morgan fingerprint density at radius 1 is 1.08 bits per heavy atom. The number of hydrogen-bond donors (Lipinski definition) is 5. The fraction of sp³-hybridized carbons (Fsp3) is 0.351. The Kier molecular flexibility index (Phi) is 16.2. The quantitative estimate of drug-likeness (QED) is 0.0667. The summed E-state index contributed by atoms with van der Waals surface area (Å²) < 4.78 is 0. The lowest BCUT2D eigenvalue weighted by Crippen LogP contribution is -2.50. The molecule has 0 fully saturated rings. The Morgan fingerprint density at radius 3 is 2.60 bits per heavy atom. The number of fused-ring (bicyclic) bond motifs is 1. The van der Waals surface area contributed by atoms with Gasteiger partial charge in [0.1, 0.15) is 6.29 Å². The highest BCUT2D eigenvalue weighted by Gasteiger charge is 2.22. The Balaban J connectivity index is 0.000000294. The molecule has 0 bridgehead atoms. The minimum Gasteiger partial charge on any atom is -0.403 e. The number of rotatable bonds is 18. The number of nitrogens with one attached hydrogen (secondary N) is 4. The summed E-state index contributed by atoms with van der Waals surface area (Å²) in [7, 11) is 0. The molecule has 1 unspecified atom stereocenters. The van der Waals surface area contributed by atoms with Gasteiger partial charge >= 0.3 is 0 Å². The van der Waals surface area contributed by atoms with Crippen LogP contribution in [0, 0.1) is 19.8 Å². The van der Waals surface area contributed by atoms with Crippen LogP contribution < -0.4 is 21.8 Å². The molecule has 2 aromatic carbocycles. The van der Waals surface area contributed by atoms with E-state index in [9.17, 15) is 14.4 Å². The maximum absolute atomic E-state index is 12.7. The van der Waals surface area contributed by atoms with Crippen molar-refractivity contribution in [2.75, 3.05) is 19.6 Å². The molecule has 0 spiro atoms. The van der Waals surface area contributed by atoms with Crippen LogP contribution in [0.3, 0.4) is 0 Å². The number of carbonyl (C=O) groups excluding carboxylic acids is 3. The van der Waals surface area contributed by atoms with Crippen LogP contribution in [0.4, 0.5) is 0 Å². The van der Waals surface area contributed by atoms with E-state index in [1.54, 1.807) is 18.6 Å². The summed E-state index contributed by atoms with van der Waals surface area (Å²) in [4.78, 5) is 44.3. The molecule has 10 nitrogen and oxygen atoms in total. The molecule has 2 aromatic heterocycles. The topological polar surface area (TPSA) is 145 Å². The van der Waals surface area contributed by atoms with E-state index in [2.05, 4.69) is 89.3 Å². The van der Waals surface area contributed by atoms with Crippen molar-refractivity contribution in [3.05, 3.63) is 102 Å². The molecule has 0 radical (unpaired) electrons. The molecule has 2 atom stereocenters. The lowest BCUT2D eigenvalue weighted by molar-refractivity contribution is -0.136. The van der Waals surface area contributed by atoms with E-state index in [-0.39, 0.29) is 24.4 Å². The number of aldehydes is 1. The summed E-state index contributed by atoms with van der Waals surface area (Å²) in [5, 5.41) is 7.94. The minimum absolute atomic E-state index is 0.00167. The fourth-order valence-electron chi connectivity index (χ4n) is 5.17. The van der Waals surface area contributed by atoms with Crippen LogP contribution >= 0.6 is 11.8 Å². The first-order valence-corrected chi connectivity index (χ1v) is 17.1. The monoisotopic (exact) mass is 671 g/mol. The third-order valence-corrected chi connectivity index (χ3v) is 8.99. The second-order valence-corrected chi connectivity index (χ2v) is 12.7. The van der Waals surface area contributed by atoms with Crippen molar-refractivity contribution < 1.29 is 14.4 Å². The van der Waals surface area contributed by atoms with Gasteiger partial charge < -0.3 is 26.1 Å². The number of aromatic nitrogens is 2. The van der Waals surface area contributed by atoms with Gasteiger partial charge in [0, 0.05) is 70.7 Å². The summed E-state index contributed by atoms with van der Waals surface area (Å²) in [5.74, 6) is -0.282. The minimum atomic E-state index is -0.280. The number of benzene rings is 2. The molecule has 0 aliphatic carbocycles. The molecule has 0 saturated heterocycles. The number of aromatic amines is 1. The number of nitrogens with two attached hydrogens (primary N) is 1. The first-order valence-electron chi connectivity index (χ1n) is 16.3.